The zero-order valence-electron chi connectivity index (χ0n) is 18.7. The van der Waals surface area contributed by atoms with E-state index in [-0.39, 0.29) is 17.2 Å². The Bertz CT molecular complexity index is 1340. The number of nitrogens with zero attached hydrogens (tertiary/aromatic N) is 2. The normalized spacial score (nSPS) is 17.4. The highest BCUT2D eigenvalue weighted by Crippen LogP contribution is 2.39. The van der Waals surface area contributed by atoms with Gasteiger partial charge < -0.3 is 25.2 Å². The molecule has 2 aliphatic heterocycles. The fourth-order valence-electron chi connectivity index (χ4n) is 4.08. The van der Waals surface area contributed by atoms with Crippen molar-refractivity contribution in [2.75, 3.05) is 18.5 Å². The van der Waals surface area contributed by atoms with Gasteiger partial charge >= 0.3 is 12.0 Å². The number of thiazole rings is 1. The summed E-state index contributed by atoms with van der Waals surface area (Å²) in [7, 11) is 0. The Hall–Kier alpha value is -4.45. The third kappa shape index (κ3) is 4.45. The van der Waals surface area contributed by atoms with Gasteiger partial charge in [-0.3, -0.25) is 9.59 Å². The Morgan fingerprint density at radius 2 is 1.92 bits per heavy atom. The van der Waals surface area contributed by atoms with E-state index in [0.29, 0.717) is 30.3 Å². The van der Waals surface area contributed by atoms with E-state index in [9.17, 15) is 19.2 Å². The first-order valence-electron chi connectivity index (χ1n) is 11.0. The molecule has 0 spiro atoms. The second-order valence-electron chi connectivity index (χ2n) is 8.00. The lowest BCUT2D eigenvalue weighted by atomic mass is 10.0. The van der Waals surface area contributed by atoms with Crippen LogP contribution in [0.2, 0.25) is 0 Å². The average Bonchev–Trinajstić information content (AvgIpc) is 3.47. The summed E-state index contributed by atoms with van der Waals surface area (Å²) in [5.74, 6) is -1.69. The van der Waals surface area contributed by atoms with Crippen LogP contribution in [0.5, 0.6) is 11.5 Å². The van der Waals surface area contributed by atoms with E-state index in [0.717, 1.165) is 21.8 Å². The molecule has 1 fully saturated rings. The number of hydrogen-bond donors (Lipinski definition) is 3. The van der Waals surface area contributed by atoms with Crippen LogP contribution < -0.4 is 20.1 Å². The van der Waals surface area contributed by atoms with E-state index >= 15 is 0 Å². The number of imide groups is 1. The third-order valence-electron chi connectivity index (χ3n) is 5.72. The standard InChI is InChI=1S/C24H20N4O7S/c29-20(27-23-25-15(12-36-23)22(31)32)16(11-13-5-2-1-3-6-13)28-21(30)18(26-24(28)33)14-7-4-8-17-19(14)35-10-9-34-17/h1-8,12,16,18H,9-11H2,(H,26,33)(H,31,32)(H,25,27,29)/t16-,18?/m0/s1. The molecule has 0 radical (unpaired) electrons. The quantitative estimate of drug-likeness (QED) is 0.413. The molecule has 1 aromatic heterocycles. The summed E-state index contributed by atoms with van der Waals surface area (Å²) in [4.78, 5) is 55.9. The summed E-state index contributed by atoms with van der Waals surface area (Å²) < 4.78 is 11.3. The number of fused-ring (bicyclic) bond motifs is 1. The van der Waals surface area contributed by atoms with Gasteiger partial charge in [-0.2, -0.15) is 0 Å². The number of carbonyl (C=O) groups excluding carboxylic acids is 3. The molecular formula is C24H20N4O7S. The Morgan fingerprint density at radius 3 is 2.67 bits per heavy atom. The van der Waals surface area contributed by atoms with Crippen LogP contribution in [0, 0.1) is 0 Å². The molecule has 3 aromatic rings. The molecule has 0 aliphatic carbocycles. The summed E-state index contributed by atoms with van der Waals surface area (Å²) >= 11 is 0.929. The van der Waals surface area contributed by atoms with E-state index in [4.69, 9.17) is 14.6 Å². The zero-order valence-corrected chi connectivity index (χ0v) is 19.5. The first-order chi connectivity index (χ1) is 17.4. The molecule has 11 nitrogen and oxygen atoms in total. The van der Waals surface area contributed by atoms with Crippen LogP contribution in [0.3, 0.4) is 0 Å². The average molecular weight is 509 g/mol. The van der Waals surface area contributed by atoms with E-state index < -0.39 is 35.9 Å². The minimum Gasteiger partial charge on any atom is -0.486 e. The number of amides is 4. The molecule has 5 rings (SSSR count). The first kappa shape index (κ1) is 23.3. The highest BCUT2D eigenvalue weighted by atomic mass is 32.1. The Kier molecular flexibility index (Phi) is 6.25. The summed E-state index contributed by atoms with van der Waals surface area (Å²) in [5, 5.41) is 15.6. The van der Waals surface area contributed by atoms with Crippen LogP contribution in [0.15, 0.2) is 53.9 Å². The van der Waals surface area contributed by atoms with Crippen LogP contribution in [0.4, 0.5) is 9.93 Å². The van der Waals surface area contributed by atoms with Crippen molar-refractivity contribution in [1.29, 1.82) is 0 Å². The summed E-state index contributed by atoms with van der Waals surface area (Å²) in [5.41, 5.74) is 0.930. The number of carboxylic acids is 1. The molecule has 0 bridgehead atoms. The van der Waals surface area contributed by atoms with E-state index in [1.54, 1.807) is 42.5 Å². The lowest BCUT2D eigenvalue weighted by molar-refractivity contribution is -0.134. The number of benzene rings is 2. The molecule has 3 N–H and O–H groups in total. The predicted octanol–water partition coefficient (Wildman–Crippen LogP) is 2.46. The van der Waals surface area contributed by atoms with Crippen molar-refractivity contribution < 1.29 is 33.8 Å². The molecule has 2 atom stereocenters. The van der Waals surface area contributed by atoms with E-state index in [1.807, 2.05) is 6.07 Å². The van der Waals surface area contributed by atoms with Crippen molar-refractivity contribution in [3.63, 3.8) is 0 Å². The summed E-state index contributed by atoms with van der Waals surface area (Å²) in [6.45, 7) is 0.668. The number of aromatic carboxylic acids is 1. The number of carboxylic acid groups (broad SMARTS) is 1. The number of anilines is 1. The topological polar surface area (TPSA) is 147 Å². The summed E-state index contributed by atoms with van der Waals surface area (Å²) in [6.07, 6.45) is 0.0439. The molecule has 36 heavy (non-hydrogen) atoms. The van der Waals surface area contributed by atoms with Crippen LogP contribution in [0.25, 0.3) is 0 Å². The maximum atomic E-state index is 13.6. The second kappa shape index (κ2) is 9.66. The van der Waals surface area contributed by atoms with Crippen molar-refractivity contribution in [1.82, 2.24) is 15.2 Å². The molecule has 12 heteroatoms. The van der Waals surface area contributed by atoms with Gasteiger partial charge in [0.1, 0.15) is 25.3 Å². The number of urea groups is 1. The van der Waals surface area contributed by atoms with Crippen LogP contribution >= 0.6 is 11.3 Å². The number of carbonyl (C=O) groups is 4. The van der Waals surface area contributed by atoms with Crippen LogP contribution in [-0.2, 0) is 16.0 Å². The molecular weight excluding hydrogens is 488 g/mol. The van der Waals surface area contributed by atoms with Gasteiger partial charge in [-0.25, -0.2) is 19.5 Å². The number of hydrogen-bond acceptors (Lipinski definition) is 8. The molecule has 3 heterocycles. The second-order valence-corrected chi connectivity index (χ2v) is 8.86. The van der Waals surface area contributed by atoms with E-state index in [2.05, 4.69) is 15.6 Å². The molecule has 184 valence electrons. The first-order valence-corrected chi connectivity index (χ1v) is 11.9. The predicted molar refractivity (Wildman–Crippen MR) is 127 cm³/mol. The van der Waals surface area contributed by atoms with Crippen molar-refractivity contribution in [2.24, 2.45) is 0 Å². The van der Waals surface area contributed by atoms with Gasteiger partial charge in [0.15, 0.2) is 22.3 Å². The van der Waals surface area contributed by atoms with Gasteiger partial charge in [0.25, 0.3) is 5.91 Å². The minimum absolute atomic E-state index is 0.0433. The lowest BCUT2D eigenvalue weighted by Crippen LogP contribution is -2.49. The van der Waals surface area contributed by atoms with Gasteiger partial charge in [0, 0.05) is 17.4 Å². The van der Waals surface area contributed by atoms with Gasteiger partial charge in [0.2, 0.25) is 5.91 Å². The number of para-hydroxylation sites is 1. The van der Waals surface area contributed by atoms with Gasteiger partial charge in [-0.05, 0) is 11.6 Å². The van der Waals surface area contributed by atoms with Gasteiger partial charge in [-0.1, -0.05) is 42.5 Å². The minimum atomic E-state index is -1.23. The van der Waals surface area contributed by atoms with Crippen molar-refractivity contribution in [2.45, 2.75) is 18.5 Å². The zero-order chi connectivity index (χ0) is 25.2. The lowest BCUT2D eigenvalue weighted by Gasteiger charge is -2.25. The number of nitrogens with one attached hydrogen (secondary N) is 2. The monoisotopic (exact) mass is 508 g/mol. The van der Waals surface area contributed by atoms with Gasteiger partial charge in [0.05, 0.1) is 0 Å². The fourth-order valence-corrected chi connectivity index (χ4v) is 4.77. The van der Waals surface area contributed by atoms with Crippen molar-refractivity contribution in [3.8, 4) is 11.5 Å². The molecule has 0 saturated carbocycles. The molecule has 2 aromatic carbocycles. The molecule has 4 amide bonds. The number of ether oxygens (including phenoxy) is 2. The molecule has 1 saturated heterocycles. The largest absolute Gasteiger partial charge is 0.486 e. The van der Waals surface area contributed by atoms with Crippen molar-refractivity contribution >= 4 is 40.3 Å². The Labute approximate surface area is 208 Å². The Morgan fingerprint density at radius 1 is 1.14 bits per heavy atom. The van der Waals surface area contributed by atoms with E-state index in [1.165, 1.54) is 5.38 Å². The third-order valence-corrected chi connectivity index (χ3v) is 6.48. The smallest absolute Gasteiger partial charge is 0.355 e. The highest BCUT2D eigenvalue weighted by molar-refractivity contribution is 7.14. The van der Waals surface area contributed by atoms with Crippen LogP contribution in [-0.4, -0.2) is 58.1 Å². The number of rotatable bonds is 7. The maximum Gasteiger partial charge on any atom is 0.355 e. The number of aromatic nitrogens is 1. The summed E-state index contributed by atoms with van der Waals surface area (Å²) in [6, 6.07) is 11.0. The van der Waals surface area contributed by atoms with Crippen LogP contribution in [0.1, 0.15) is 27.7 Å². The highest BCUT2D eigenvalue weighted by Gasteiger charge is 2.46. The maximum absolute atomic E-state index is 13.6. The van der Waals surface area contributed by atoms with Gasteiger partial charge in [-0.15, -0.1) is 11.3 Å². The Balaban J connectivity index is 1.45. The molecule has 1 unspecified atom stereocenters. The SMILES string of the molecule is O=C(O)c1csc(NC(=O)[C@H](Cc2ccccc2)N2C(=O)NC(c3cccc4c3OCCO4)C2=O)n1. The molecule has 2 aliphatic rings. The fraction of sp³-hybridized carbons (Fsp3) is 0.208. The van der Waals surface area contributed by atoms with Crippen molar-refractivity contribution in [3.05, 3.63) is 70.7 Å².